The Hall–Kier alpha value is -0.720. The van der Waals surface area contributed by atoms with Gasteiger partial charge in [0.25, 0.3) is 0 Å². The van der Waals surface area contributed by atoms with Gasteiger partial charge in [0.05, 0.1) is 10.2 Å². The molecule has 2 N–H and O–H groups in total. The fraction of sp³-hybridized carbons (Fsp3) is 0.500. The van der Waals surface area contributed by atoms with Gasteiger partial charge in [-0.25, -0.2) is 4.39 Å². The maximum atomic E-state index is 14.5. The topological polar surface area (TPSA) is 32.5 Å². The summed E-state index contributed by atoms with van der Waals surface area (Å²) in [6.45, 7) is 4.76. The fourth-order valence-electron chi connectivity index (χ4n) is 2.58. The Balaban J connectivity index is 2.30. The van der Waals surface area contributed by atoms with E-state index in [1.807, 2.05) is 0 Å². The standard InChI is InChI=1S/C14H19BrFN3S/c1-3-9-8-19(7-6-18(9)2)11-5-4-10(14(17)20)12(15)13(11)16/h4-5,9H,3,6-8H2,1-2H3,(H2,17,20). The zero-order valence-corrected chi connectivity index (χ0v) is 14.1. The summed E-state index contributed by atoms with van der Waals surface area (Å²) < 4.78 is 14.9. The summed E-state index contributed by atoms with van der Waals surface area (Å²) >= 11 is 8.19. The molecule has 1 saturated heterocycles. The number of nitrogens with zero attached hydrogens (tertiary/aromatic N) is 2. The van der Waals surface area contributed by atoms with Gasteiger partial charge in [0.15, 0.2) is 5.82 Å². The van der Waals surface area contributed by atoms with Crippen LogP contribution in [0.2, 0.25) is 0 Å². The molecule has 0 radical (unpaired) electrons. The normalized spacial score (nSPS) is 20.2. The van der Waals surface area contributed by atoms with E-state index >= 15 is 0 Å². The van der Waals surface area contributed by atoms with Crippen LogP contribution >= 0.6 is 28.1 Å². The molecule has 20 heavy (non-hydrogen) atoms. The SMILES string of the molecule is CCC1CN(c2ccc(C(N)=S)c(Br)c2F)CCN1C. The van der Waals surface area contributed by atoms with Crippen LogP contribution in [-0.4, -0.2) is 42.6 Å². The van der Waals surface area contributed by atoms with Gasteiger partial charge in [0, 0.05) is 31.2 Å². The van der Waals surface area contributed by atoms with Gasteiger partial charge < -0.3 is 10.6 Å². The van der Waals surface area contributed by atoms with Crippen LogP contribution in [0.3, 0.4) is 0 Å². The minimum Gasteiger partial charge on any atom is -0.389 e. The molecular formula is C14H19BrFN3S. The van der Waals surface area contributed by atoms with Crippen molar-refractivity contribution in [3.05, 3.63) is 28.0 Å². The average Bonchev–Trinajstić information content (AvgIpc) is 2.42. The van der Waals surface area contributed by atoms with Gasteiger partial charge in [-0.15, -0.1) is 0 Å². The molecule has 0 spiro atoms. The van der Waals surface area contributed by atoms with Gasteiger partial charge in [0.2, 0.25) is 0 Å². The quantitative estimate of drug-likeness (QED) is 0.841. The summed E-state index contributed by atoms with van der Waals surface area (Å²) in [5, 5.41) is 0. The number of hydrogen-bond acceptors (Lipinski definition) is 3. The van der Waals surface area contributed by atoms with Gasteiger partial charge in [-0.2, -0.15) is 0 Å². The Kier molecular flexibility index (Phi) is 4.99. The molecule has 1 aromatic rings. The predicted molar refractivity (Wildman–Crippen MR) is 88.9 cm³/mol. The van der Waals surface area contributed by atoms with Gasteiger partial charge in [-0.05, 0) is 41.5 Å². The predicted octanol–water partition coefficient (Wildman–Crippen LogP) is 2.75. The Morgan fingerprint density at radius 1 is 1.50 bits per heavy atom. The van der Waals surface area contributed by atoms with E-state index < -0.39 is 0 Å². The maximum Gasteiger partial charge on any atom is 0.161 e. The Bertz CT molecular complexity index is 523. The molecule has 2 rings (SSSR count). The van der Waals surface area contributed by atoms with Crippen molar-refractivity contribution in [3.8, 4) is 0 Å². The first-order chi connectivity index (χ1) is 9.45. The summed E-state index contributed by atoms with van der Waals surface area (Å²) in [5.74, 6) is -0.283. The summed E-state index contributed by atoms with van der Waals surface area (Å²) in [6.07, 6.45) is 1.06. The molecule has 0 aromatic heterocycles. The van der Waals surface area contributed by atoms with E-state index in [0.717, 1.165) is 26.1 Å². The van der Waals surface area contributed by atoms with Crippen LogP contribution in [0.5, 0.6) is 0 Å². The number of hydrogen-bond donors (Lipinski definition) is 1. The summed E-state index contributed by atoms with van der Waals surface area (Å²) in [5.41, 5.74) is 6.75. The second kappa shape index (κ2) is 6.37. The molecule has 1 aliphatic rings. The molecule has 0 bridgehead atoms. The second-order valence-electron chi connectivity index (χ2n) is 5.11. The molecule has 0 aliphatic carbocycles. The number of anilines is 1. The first kappa shape index (κ1) is 15.7. The Morgan fingerprint density at radius 3 is 2.80 bits per heavy atom. The highest BCUT2D eigenvalue weighted by molar-refractivity contribution is 9.10. The number of rotatable bonds is 3. The molecule has 1 aromatic carbocycles. The number of likely N-dealkylation sites (N-methyl/N-ethyl adjacent to an activating group) is 1. The molecule has 3 nitrogen and oxygen atoms in total. The maximum absolute atomic E-state index is 14.5. The van der Waals surface area contributed by atoms with Crippen molar-refractivity contribution in [3.63, 3.8) is 0 Å². The van der Waals surface area contributed by atoms with Gasteiger partial charge >= 0.3 is 0 Å². The average molecular weight is 360 g/mol. The number of halogens is 2. The Labute approximate surface area is 133 Å². The zero-order valence-electron chi connectivity index (χ0n) is 11.7. The van der Waals surface area contributed by atoms with E-state index in [0.29, 0.717) is 21.8 Å². The molecular weight excluding hydrogens is 341 g/mol. The third-order valence-corrected chi connectivity index (χ3v) is 4.91. The lowest BCUT2D eigenvalue weighted by atomic mass is 10.1. The van der Waals surface area contributed by atoms with E-state index in [2.05, 4.69) is 39.7 Å². The lowest BCUT2D eigenvalue weighted by Crippen LogP contribution is -2.51. The number of benzene rings is 1. The van der Waals surface area contributed by atoms with E-state index in [9.17, 15) is 4.39 Å². The van der Waals surface area contributed by atoms with Crippen LogP contribution in [0.15, 0.2) is 16.6 Å². The van der Waals surface area contributed by atoms with Crippen LogP contribution in [-0.2, 0) is 0 Å². The van der Waals surface area contributed by atoms with Crippen molar-refractivity contribution in [2.45, 2.75) is 19.4 Å². The smallest absolute Gasteiger partial charge is 0.161 e. The third-order valence-electron chi connectivity index (χ3n) is 3.92. The van der Waals surface area contributed by atoms with E-state index in [1.165, 1.54) is 0 Å². The molecule has 1 unspecified atom stereocenters. The molecule has 1 fully saturated rings. The van der Waals surface area contributed by atoms with Gasteiger partial charge in [-0.3, -0.25) is 4.90 Å². The first-order valence-corrected chi connectivity index (χ1v) is 7.88. The van der Waals surface area contributed by atoms with Crippen LogP contribution in [0, 0.1) is 5.82 Å². The van der Waals surface area contributed by atoms with E-state index in [-0.39, 0.29) is 10.8 Å². The van der Waals surface area contributed by atoms with Gasteiger partial charge in [0.1, 0.15) is 4.99 Å². The number of piperazine rings is 1. The van der Waals surface area contributed by atoms with E-state index in [1.54, 1.807) is 12.1 Å². The molecule has 6 heteroatoms. The Morgan fingerprint density at radius 2 is 2.20 bits per heavy atom. The first-order valence-electron chi connectivity index (χ1n) is 6.68. The van der Waals surface area contributed by atoms with Gasteiger partial charge in [-0.1, -0.05) is 19.1 Å². The molecule has 1 atom stereocenters. The lowest BCUT2D eigenvalue weighted by Gasteiger charge is -2.40. The van der Waals surface area contributed by atoms with Crippen molar-refractivity contribution < 1.29 is 4.39 Å². The third kappa shape index (κ3) is 2.97. The van der Waals surface area contributed by atoms with Crippen molar-refractivity contribution in [1.82, 2.24) is 4.90 Å². The van der Waals surface area contributed by atoms with Crippen molar-refractivity contribution >= 4 is 38.8 Å². The monoisotopic (exact) mass is 359 g/mol. The number of nitrogens with two attached hydrogens (primary N) is 1. The minimum atomic E-state index is -0.283. The lowest BCUT2D eigenvalue weighted by molar-refractivity contribution is 0.213. The molecule has 1 heterocycles. The largest absolute Gasteiger partial charge is 0.389 e. The molecule has 0 saturated carbocycles. The molecule has 0 amide bonds. The molecule has 110 valence electrons. The highest BCUT2D eigenvalue weighted by Crippen LogP contribution is 2.31. The van der Waals surface area contributed by atoms with Crippen molar-refractivity contribution in [1.29, 1.82) is 0 Å². The minimum absolute atomic E-state index is 0.201. The zero-order chi connectivity index (χ0) is 14.9. The van der Waals surface area contributed by atoms with E-state index in [4.69, 9.17) is 18.0 Å². The van der Waals surface area contributed by atoms with Crippen molar-refractivity contribution in [2.24, 2.45) is 5.73 Å². The second-order valence-corrected chi connectivity index (χ2v) is 6.35. The highest BCUT2D eigenvalue weighted by Gasteiger charge is 2.25. The van der Waals surface area contributed by atoms with Crippen LogP contribution < -0.4 is 10.6 Å². The highest BCUT2D eigenvalue weighted by atomic mass is 79.9. The summed E-state index contributed by atoms with van der Waals surface area (Å²) in [4.78, 5) is 4.62. The van der Waals surface area contributed by atoms with Crippen LogP contribution in [0.25, 0.3) is 0 Å². The molecule has 1 aliphatic heterocycles. The van der Waals surface area contributed by atoms with Crippen LogP contribution in [0.1, 0.15) is 18.9 Å². The summed E-state index contributed by atoms with van der Waals surface area (Å²) in [6, 6.07) is 4.01. The van der Waals surface area contributed by atoms with Crippen molar-refractivity contribution in [2.75, 3.05) is 31.6 Å². The summed E-state index contributed by atoms with van der Waals surface area (Å²) in [7, 11) is 2.12. The van der Waals surface area contributed by atoms with Crippen LogP contribution in [0.4, 0.5) is 10.1 Å². The number of thiocarbonyl (C=S) groups is 1. The fourth-order valence-corrected chi connectivity index (χ4v) is 3.43.